The van der Waals surface area contributed by atoms with E-state index in [0.717, 1.165) is 13.1 Å². The van der Waals surface area contributed by atoms with Crippen molar-refractivity contribution in [1.29, 1.82) is 0 Å². The molecule has 0 radical (unpaired) electrons. The second-order valence-electron chi connectivity index (χ2n) is 2.93. The van der Waals surface area contributed by atoms with E-state index in [-0.39, 0.29) is 0 Å². The maximum atomic E-state index is 3.40. The number of thiophene rings is 1. The van der Waals surface area contributed by atoms with Crippen molar-refractivity contribution in [2.24, 2.45) is 0 Å². The molecule has 1 rings (SSSR count). The first-order chi connectivity index (χ1) is 5.93. The highest BCUT2D eigenvalue weighted by Crippen LogP contribution is 2.09. The molecule has 0 atom stereocenters. The van der Waals surface area contributed by atoms with Gasteiger partial charge in [0, 0.05) is 4.88 Å². The van der Waals surface area contributed by atoms with Crippen LogP contribution < -0.4 is 5.32 Å². The van der Waals surface area contributed by atoms with Crippen LogP contribution in [0.2, 0.25) is 0 Å². The van der Waals surface area contributed by atoms with Crippen molar-refractivity contribution in [2.45, 2.75) is 26.2 Å². The van der Waals surface area contributed by atoms with Gasteiger partial charge in [-0.15, -0.1) is 11.3 Å². The predicted octanol–water partition coefficient (Wildman–Crippen LogP) is 2.68. The zero-order valence-corrected chi connectivity index (χ0v) is 8.49. The summed E-state index contributed by atoms with van der Waals surface area (Å²) in [6.07, 6.45) is 3.73. The van der Waals surface area contributed by atoms with Crippen LogP contribution in [0.4, 0.5) is 0 Å². The van der Waals surface area contributed by atoms with Gasteiger partial charge >= 0.3 is 0 Å². The second kappa shape index (κ2) is 6.21. The van der Waals surface area contributed by atoms with Crippen LogP contribution in [0, 0.1) is 0 Å². The minimum Gasteiger partial charge on any atom is -0.317 e. The largest absolute Gasteiger partial charge is 0.317 e. The van der Waals surface area contributed by atoms with Gasteiger partial charge in [0.2, 0.25) is 0 Å². The highest BCUT2D eigenvalue weighted by atomic mass is 32.1. The molecule has 0 spiro atoms. The molecule has 0 aromatic carbocycles. The van der Waals surface area contributed by atoms with Gasteiger partial charge < -0.3 is 5.32 Å². The Morgan fingerprint density at radius 2 is 2.33 bits per heavy atom. The highest BCUT2D eigenvalue weighted by molar-refractivity contribution is 7.09. The molecule has 0 saturated carbocycles. The first kappa shape index (κ1) is 9.75. The fourth-order valence-electron chi connectivity index (χ4n) is 1.14. The molecular weight excluding hydrogens is 166 g/mol. The van der Waals surface area contributed by atoms with Gasteiger partial charge in [-0.1, -0.05) is 13.0 Å². The Hall–Kier alpha value is -0.340. The molecule has 1 aromatic rings. The van der Waals surface area contributed by atoms with Crippen molar-refractivity contribution in [3.63, 3.8) is 0 Å². The monoisotopic (exact) mass is 183 g/mol. The van der Waals surface area contributed by atoms with Crippen LogP contribution >= 0.6 is 11.3 Å². The van der Waals surface area contributed by atoms with E-state index in [0.29, 0.717) is 0 Å². The second-order valence-corrected chi connectivity index (χ2v) is 3.97. The average molecular weight is 183 g/mol. The summed E-state index contributed by atoms with van der Waals surface area (Å²) in [6, 6.07) is 4.34. The molecule has 0 saturated heterocycles. The van der Waals surface area contributed by atoms with E-state index in [2.05, 4.69) is 29.8 Å². The van der Waals surface area contributed by atoms with E-state index in [9.17, 15) is 0 Å². The molecule has 0 unspecified atom stereocenters. The van der Waals surface area contributed by atoms with E-state index in [4.69, 9.17) is 0 Å². The van der Waals surface area contributed by atoms with E-state index in [1.165, 1.54) is 24.1 Å². The fraction of sp³-hybridized carbons (Fsp3) is 0.600. The molecule has 0 fully saturated rings. The molecule has 0 bridgehead atoms. The normalized spacial score (nSPS) is 10.4. The molecule has 1 nitrogen and oxygen atoms in total. The third-order valence-electron chi connectivity index (χ3n) is 1.78. The Bertz CT molecular complexity index is 182. The maximum absolute atomic E-state index is 3.40. The molecule has 0 aliphatic carbocycles. The third-order valence-corrected chi connectivity index (χ3v) is 2.72. The summed E-state index contributed by atoms with van der Waals surface area (Å²) in [5.41, 5.74) is 0. The summed E-state index contributed by atoms with van der Waals surface area (Å²) < 4.78 is 0. The lowest BCUT2D eigenvalue weighted by molar-refractivity contribution is 0.642. The topological polar surface area (TPSA) is 12.0 Å². The summed E-state index contributed by atoms with van der Waals surface area (Å²) in [4.78, 5) is 1.51. The SMILES string of the molecule is CCCNCCCc1cccs1. The highest BCUT2D eigenvalue weighted by Gasteiger charge is 1.92. The van der Waals surface area contributed by atoms with Crippen LogP contribution in [0.5, 0.6) is 0 Å². The predicted molar refractivity (Wildman–Crippen MR) is 55.8 cm³/mol. The Morgan fingerprint density at radius 3 is 3.00 bits per heavy atom. The molecule has 0 aliphatic heterocycles. The number of nitrogens with one attached hydrogen (secondary N) is 1. The van der Waals surface area contributed by atoms with Gasteiger partial charge in [-0.05, 0) is 43.8 Å². The van der Waals surface area contributed by atoms with Crippen LogP contribution in [0.15, 0.2) is 17.5 Å². The van der Waals surface area contributed by atoms with Gasteiger partial charge in [0.15, 0.2) is 0 Å². The Morgan fingerprint density at radius 1 is 1.42 bits per heavy atom. The first-order valence-electron chi connectivity index (χ1n) is 4.66. The Labute approximate surface area is 78.8 Å². The van der Waals surface area contributed by atoms with Crippen molar-refractivity contribution in [3.05, 3.63) is 22.4 Å². The number of hydrogen-bond acceptors (Lipinski definition) is 2. The van der Waals surface area contributed by atoms with Crippen LogP contribution in [0.1, 0.15) is 24.6 Å². The zero-order chi connectivity index (χ0) is 8.65. The fourth-order valence-corrected chi connectivity index (χ4v) is 1.90. The quantitative estimate of drug-likeness (QED) is 0.669. The van der Waals surface area contributed by atoms with Crippen molar-refractivity contribution in [2.75, 3.05) is 13.1 Å². The van der Waals surface area contributed by atoms with Gasteiger partial charge in [-0.3, -0.25) is 0 Å². The standard InChI is InChI=1S/C10H17NS/c1-2-7-11-8-3-5-10-6-4-9-12-10/h4,6,9,11H,2-3,5,7-8H2,1H3. The molecule has 0 amide bonds. The van der Waals surface area contributed by atoms with Gasteiger partial charge in [0.05, 0.1) is 0 Å². The van der Waals surface area contributed by atoms with Gasteiger partial charge in [0.25, 0.3) is 0 Å². The van der Waals surface area contributed by atoms with Crippen LogP contribution in [0.3, 0.4) is 0 Å². The van der Waals surface area contributed by atoms with Gasteiger partial charge in [-0.25, -0.2) is 0 Å². The van der Waals surface area contributed by atoms with Gasteiger partial charge in [-0.2, -0.15) is 0 Å². The van der Waals surface area contributed by atoms with Crippen molar-refractivity contribution in [1.82, 2.24) is 5.32 Å². The van der Waals surface area contributed by atoms with Gasteiger partial charge in [0.1, 0.15) is 0 Å². The maximum Gasteiger partial charge on any atom is 0.00457 e. The molecular formula is C10H17NS. The summed E-state index contributed by atoms with van der Waals surface area (Å²) in [7, 11) is 0. The van der Waals surface area contributed by atoms with E-state index in [1.807, 2.05) is 11.3 Å². The summed E-state index contributed by atoms with van der Waals surface area (Å²) in [5, 5.41) is 5.55. The number of rotatable bonds is 6. The third kappa shape index (κ3) is 3.88. The van der Waals surface area contributed by atoms with Crippen molar-refractivity contribution >= 4 is 11.3 Å². The Kier molecular flexibility index (Phi) is 5.04. The summed E-state index contributed by atoms with van der Waals surface area (Å²) in [6.45, 7) is 4.52. The van der Waals surface area contributed by atoms with E-state index >= 15 is 0 Å². The lowest BCUT2D eigenvalue weighted by Crippen LogP contribution is -2.16. The summed E-state index contributed by atoms with van der Waals surface area (Å²) >= 11 is 1.86. The molecule has 1 N–H and O–H groups in total. The molecule has 2 heteroatoms. The molecule has 1 aromatic heterocycles. The van der Waals surface area contributed by atoms with E-state index in [1.54, 1.807) is 0 Å². The number of aryl methyl sites for hydroxylation is 1. The molecule has 68 valence electrons. The minimum atomic E-state index is 1.16. The van der Waals surface area contributed by atoms with Crippen molar-refractivity contribution in [3.8, 4) is 0 Å². The summed E-state index contributed by atoms with van der Waals surface area (Å²) in [5.74, 6) is 0. The lowest BCUT2D eigenvalue weighted by Gasteiger charge is -2.00. The molecule has 0 aliphatic rings. The van der Waals surface area contributed by atoms with Crippen molar-refractivity contribution < 1.29 is 0 Å². The number of hydrogen-bond donors (Lipinski definition) is 1. The van der Waals surface area contributed by atoms with Crippen LogP contribution in [0.25, 0.3) is 0 Å². The first-order valence-corrected chi connectivity index (χ1v) is 5.54. The smallest absolute Gasteiger partial charge is 0.00457 e. The molecule has 12 heavy (non-hydrogen) atoms. The van der Waals surface area contributed by atoms with E-state index < -0.39 is 0 Å². The zero-order valence-electron chi connectivity index (χ0n) is 7.68. The average Bonchev–Trinajstić information content (AvgIpc) is 2.57. The van der Waals surface area contributed by atoms with Crippen LogP contribution in [-0.2, 0) is 6.42 Å². The Balaban J connectivity index is 1.96. The lowest BCUT2D eigenvalue weighted by atomic mass is 10.2. The minimum absolute atomic E-state index is 1.16. The molecule has 1 heterocycles. The van der Waals surface area contributed by atoms with Crippen LogP contribution in [-0.4, -0.2) is 13.1 Å².